The van der Waals surface area contributed by atoms with Crippen molar-refractivity contribution in [3.63, 3.8) is 0 Å². The Labute approximate surface area is 180 Å². The molecule has 0 aliphatic heterocycles. The minimum atomic E-state index is -3.78. The topological polar surface area (TPSA) is 118 Å². The van der Waals surface area contributed by atoms with E-state index in [1.54, 1.807) is 24.3 Å². The van der Waals surface area contributed by atoms with E-state index in [-0.39, 0.29) is 16.1 Å². The monoisotopic (exact) mass is 523 g/mol. The summed E-state index contributed by atoms with van der Waals surface area (Å²) in [7, 11) is -3.78. The van der Waals surface area contributed by atoms with Gasteiger partial charge in [-0.25, -0.2) is 8.42 Å². The van der Waals surface area contributed by atoms with Gasteiger partial charge in [0.05, 0.1) is 9.82 Å². The average molecular weight is 523 g/mol. The van der Waals surface area contributed by atoms with Crippen LogP contribution in [0.2, 0.25) is 0 Å². The maximum absolute atomic E-state index is 12.5. The average Bonchev–Trinajstić information content (AvgIpc) is 2.70. The SMILES string of the molecule is O=C(Nc1ccc(S(=O)(=O)Nc2ccc(I)cc2)cc1)c1cccc([N+](=O)[O-])c1. The van der Waals surface area contributed by atoms with Crippen LogP contribution in [0.4, 0.5) is 17.1 Å². The number of carbonyl (C=O) groups excluding carboxylic acids is 1. The molecule has 0 aliphatic carbocycles. The number of sulfonamides is 1. The van der Waals surface area contributed by atoms with E-state index in [0.29, 0.717) is 11.4 Å². The summed E-state index contributed by atoms with van der Waals surface area (Å²) in [5.74, 6) is -0.540. The minimum Gasteiger partial charge on any atom is -0.322 e. The van der Waals surface area contributed by atoms with Crippen molar-refractivity contribution in [2.24, 2.45) is 0 Å². The number of halogens is 1. The Kier molecular flexibility index (Phi) is 6.13. The molecule has 148 valence electrons. The van der Waals surface area contributed by atoms with Crippen molar-refractivity contribution >= 4 is 55.6 Å². The second kappa shape index (κ2) is 8.57. The van der Waals surface area contributed by atoms with Gasteiger partial charge in [0.2, 0.25) is 0 Å². The Morgan fingerprint density at radius 2 is 1.55 bits per heavy atom. The molecule has 3 aromatic rings. The first kappa shape index (κ1) is 20.7. The molecule has 8 nitrogen and oxygen atoms in total. The molecule has 3 rings (SSSR count). The van der Waals surface area contributed by atoms with Gasteiger partial charge in [-0.15, -0.1) is 0 Å². The fraction of sp³-hybridized carbons (Fsp3) is 0. The lowest BCUT2D eigenvalue weighted by molar-refractivity contribution is -0.384. The smallest absolute Gasteiger partial charge is 0.270 e. The molecule has 0 heterocycles. The molecule has 29 heavy (non-hydrogen) atoms. The number of rotatable bonds is 6. The molecule has 0 atom stereocenters. The molecule has 0 aliphatic rings. The van der Waals surface area contributed by atoms with E-state index in [9.17, 15) is 23.3 Å². The Morgan fingerprint density at radius 3 is 2.17 bits per heavy atom. The molecule has 0 saturated heterocycles. The van der Waals surface area contributed by atoms with Gasteiger partial charge in [-0.05, 0) is 77.2 Å². The summed E-state index contributed by atoms with van der Waals surface area (Å²) in [4.78, 5) is 22.5. The summed E-state index contributed by atoms with van der Waals surface area (Å²) in [5.41, 5.74) is 0.722. The summed E-state index contributed by atoms with van der Waals surface area (Å²) in [6, 6.07) is 17.8. The fourth-order valence-electron chi connectivity index (χ4n) is 2.41. The van der Waals surface area contributed by atoms with E-state index in [4.69, 9.17) is 0 Å². The highest BCUT2D eigenvalue weighted by molar-refractivity contribution is 14.1. The van der Waals surface area contributed by atoms with Crippen molar-refractivity contribution < 1.29 is 18.1 Å². The standard InChI is InChI=1S/C19H14IN3O5S/c20-14-4-6-16(7-5-14)22-29(27,28)18-10-8-15(9-11-18)21-19(24)13-2-1-3-17(12-13)23(25)26/h1-12,22H,(H,21,24). The summed E-state index contributed by atoms with van der Waals surface area (Å²) in [6.45, 7) is 0. The Bertz CT molecular complexity index is 1160. The van der Waals surface area contributed by atoms with Crippen LogP contribution in [0, 0.1) is 13.7 Å². The molecule has 1 amide bonds. The van der Waals surface area contributed by atoms with Crippen LogP contribution in [0.15, 0.2) is 77.7 Å². The molecule has 0 spiro atoms. The van der Waals surface area contributed by atoms with E-state index >= 15 is 0 Å². The number of carbonyl (C=O) groups is 1. The zero-order chi connectivity index (χ0) is 21.0. The van der Waals surface area contributed by atoms with Gasteiger partial charge in [0.25, 0.3) is 21.6 Å². The number of nitrogens with one attached hydrogen (secondary N) is 2. The lowest BCUT2D eigenvalue weighted by atomic mass is 10.2. The normalized spacial score (nSPS) is 10.9. The van der Waals surface area contributed by atoms with Gasteiger partial charge in [-0.2, -0.15) is 0 Å². The van der Waals surface area contributed by atoms with Gasteiger partial charge in [-0.1, -0.05) is 6.07 Å². The van der Waals surface area contributed by atoms with Crippen molar-refractivity contribution in [3.8, 4) is 0 Å². The van der Waals surface area contributed by atoms with Gasteiger partial charge >= 0.3 is 0 Å². The van der Waals surface area contributed by atoms with Crippen molar-refractivity contribution in [2.45, 2.75) is 4.90 Å². The van der Waals surface area contributed by atoms with E-state index in [2.05, 4.69) is 32.6 Å². The molecule has 10 heteroatoms. The fourth-order valence-corrected chi connectivity index (χ4v) is 3.83. The van der Waals surface area contributed by atoms with Crippen molar-refractivity contribution in [2.75, 3.05) is 10.0 Å². The number of benzene rings is 3. The zero-order valence-electron chi connectivity index (χ0n) is 14.7. The molecular formula is C19H14IN3O5S. The Morgan fingerprint density at radius 1 is 0.931 bits per heavy atom. The molecule has 0 fully saturated rings. The molecule has 0 bridgehead atoms. The number of non-ortho nitro benzene ring substituents is 1. The summed E-state index contributed by atoms with van der Waals surface area (Å²) in [6.07, 6.45) is 0. The molecule has 0 saturated carbocycles. The molecule has 0 radical (unpaired) electrons. The van der Waals surface area contributed by atoms with E-state index in [1.807, 2.05) is 0 Å². The first-order valence-electron chi connectivity index (χ1n) is 8.19. The molecule has 0 aromatic heterocycles. The van der Waals surface area contributed by atoms with Crippen LogP contribution in [0.3, 0.4) is 0 Å². The lowest BCUT2D eigenvalue weighted by Gasteiger charge is -2.10. The third kappa shape index (κ3) is 5.29. The van der Waals surface area contributed by atoms with Gasteiger partial charge < -0.3 is 5.32 Å². The van der Waals surface area contributed by atoms with Gasteiger partial charge in [0.15, 0.2) is 0 Å². The second-order valence-electron chi connectivity index (χ2n) is 5.90. The van der Waals surface area contributed by atoms with Crippen LogP contribution in [0.5, 0.6) is 0 Å². The van der Waals surface area contributed by atoms with E-state index < -0.39 is 20.9 Å². The highest BCUT2D eigenvalue weighted by Crippen LogP contribution is 2.20. The summed E-state index contributed by atoms with van der Waals surface area (Å²) >= 11 is 2.12. The number of nitrogens with zero attached hydrogens (tertiary/aromatic N) is 1. The van der Waals surface area contributed by atoms with Crippen LogP contribution in [-0.2, 0) is 10.0 Å². The first-order chi connectivity index (χ1) is 13.7. The van der Waals surface area contributed by atoms with Crippen LogP contribution < -0.4 is 10.0 Å². The Hall–Kier alpha value is -2.99. The van der Waals surface area contributed by atoms with Gasteiger partial charge in [-0.3, -0.25) is 19.6 Å². The maximum Gasteiger partial charge on any atom is 0.270 e. The molecule has 2 N–H and O–H groups in total. The largest absolute Gasteiger partial charge is 0.322 e. The maximum atomic E-state index is 12.5. The second-order valence-corrected chi connectivity index (χ2v) is 8.83. The third-order valence-corrected chi connectivity index (χ3v) is 5.95. The molecule has 3 aromatic carbocycles. The predicted molar refractivity (Wildman–Crippen MR) is 117 cm³/mol. The number of hydrogen-bond acceptors (Lipinski definition) is 5. The van der Waals surface area contributed by atoms with E-state index in [1.165, 1.54) is 48.5 Å². The number of nitro groups is 1. The van der Waals surface area contributed by atoms with Crippen molar-refractivity contribution in [1.82, 2.24) is 0 Å². The first-order valence-corrected chi connectivity index (χ1v) is 10.7. The third-order valence-electron chi connectivity index (χ3n) is 3.84. The number of amides is 1. The quantitative estimate of drug-likeness (QED) is 0.285. The highest BCUT2D eigenvalue weighted by atomic mass is 127. The highest BCUT2D eigenvalue weighted by Gasteiger charge is 2.15. The predicted octanol–water partition coefficient (Wildman–Crippen LogP) is 4.25. The number of hydrogen-bond donors (Lipinski definition) is 2. The Balaban J connectivity index is 1.72. The zero-order valence-corrected chi connectivity index (χ0v) is 17.7. The van der Waals surface area contributed by atoms with Gasteiger partial charge in [0.1, 0.15) is 0 Å². The number of nitro benzene ring substituents is 1. The van der Waals surface area contributed by atoms with Crippen LogP contribution in [0.25, 0.3) is 0 Å². The van der Waals surface area contributed by atoms with Crippen LogP contribution in [0.1, 0.15) is 10.4 Å². The van der Waals surface area contributed by atoms with Crippen molar-refractivity contribution in [3.05, 3.63) is 92.0 Å². The van der Waals surface area contributed by atoms with Gasteiger partial charge in [0, 0.05) is 32.6 Å². The number of anilines is 2. The van der Waals surface area contributed by atoms with Crippen LogP contribution in [-0.4, -0.2) is 19.2 Å². The summed E-state index contributed by atoms with van der Waals surface area (Å²) in [5, 5.41) is 13.4. The van der Waals surface area contributed by atoms with Crippen molar-refractivity contribution in [1.29, 1.82) is 0 Å². The summed E-state index contributed by atoms with van der Waals surface area (Å²) < 4.78 is 28.4. The van der Waals surface area contributed by atoms with E-state index in [0.717, 1.165) is 3.57 Å². The minimum absolute atomic E-state index is 0.0318. The van der Waals surface area contributed by atoms with Crippen LogP contribution >= 0.6 is 22.6 Å². The molecular weight excluding hydrogens is 509 g/mol. The lowest BCUT2D eigenvalue weighted by Crippen LogP contribution is -2.14. The molecule has 0 unspecified atom stereocenters.